The summed E-state index contributed by atoms with van der Waals surface area (Å²) in [5.74, 6) is 0.893. The van der Waals surface area contributed by atoms with Crippen LogP contribution in [0.5, 0.6) is 5.75 Å². The Balaban J connectivity index is 2.71. The molecule has 76 valence electrons. The third-order valence-electron chi connectivity index (χ3n) is 2.13. The summed E-state index contributed by atoms with van der Waals surface area (Å²) in [5, 5.41) is 3.15. The molecule has 0 saturated carbocycles. The van der Waals surface area contributed by atoms with Crippen LogP contribution in [0.1, 0.15) is 12.5 Å². The zero-order chi connectivity index (χ0) is 10.4. The van der Waals surface area contributed by atoms with E-state index in [1.54, 1.807) is 7.11 Å². The SMILES string of the molecule is CNC(C)C=Cc1cccc(OC)c1. The molecule has 14 heavy (non-hydrogen) atoms. The number of nitrogens with one attached hydrogen (secondary N) is 1. The molecule has 0 saturated heterocycles. The van der Waals surface area contributed by atoms with E-state index >= 15 is 0 Å². The Labute approximate surface area is 85.6 Å². The zero-order valence-electron chi connectivity index (χ0n) is 8.95. The highest BCUT2D eigenvalue weighted by molar-refractivity contribution is 5.52. The van der Waals surface area contributed by atoms with Gasteiger partial charge in [-0.25, -0.2) is 0 Å². The Hall–Kier alpha value is -1.28. The van der Waals surface area contributed by atoms with Crippen LogP contribution in [0.4, 0.5) is 0 Å². The van der Waals surface area contributed by atoms with Crippen LogP contribution in [0.15, 0.2) is 30.3 Å². The molecule has 2 heteroatoms. The largest absolute Gasteiger partial charge is 0.497 e. The van der Waals surface area contributed by atoms with E-state index in [9.17, 15) is 0 Å². The molecule has 0 bridgehead atoms. The Bertz CT molecular complexity index is 307. The first kappa shape index (κ1) is 10.8. The highest BCUT2D eigenvalue weighted by Gasteiger charge is 1.93. The molecule has 1 unspecified atom stereocenters. The number of hydrogen-bond donors (Lipinski definition) is 1. The summed E-state index contributed by atoms with van der Waals surface area (Å²) in [6.45, 7) is 2.11. The van der Waals surface area contributed by atoms with Crippen LogP contribution in [0.2, 0.25) is 0 Å². The van der Waals surface area contributed by atoms with E-state index in [-0.39, 0.29) is 0 Å². The smallest absolute Gasteiger partial charge is 0.119 e. The Morgan fingerprint density at radius 3 is 2.86 bits per heavy atom. The van der Waals surface area contributed by atoms with Crippen molar-refractivity contribution in [2.45, 2.75) is 13.0 Å². The number of likely N-dealkylation sites (N-methyl/N-ethyl adjacent to an activating group) is 1. The van der Waals surface area contributed by atoms with E-state index in [1.165, 1.54) is 0 Å². The van der Waals surface area contributed by atoms with E-state index < -0.39 is 0 Å². The van der Waals surface area contributed by atoms with Gasteiger partial charge in [-0.2, -0.15) is 0 Å². The van der Waals surface area contributed by atoms with E-state index in [1.807, 2.05) is 25.2 Å². The molecule has 0 spiro atoms. The van der Waals surface area contributed by atoms with Crippen LogP contribution in [-0.2, 0) is 0 Å². The standard InChI is InChI=1S/C12H17NO/c1-10(13-2)7-8-11-5-4-6-12(9-11)14-3/h4-10,13H,1-3H3. The van der Waals surface area contributed by atoms with Crippen LogP contribution < -0.4 is 10.1 Å². The maximum atomic E-state index is 5.14. The molecule has 1 N–H and O–H groups in total. The fourth-order valence-corrected chi connectivity index (χ4v) is 1.10. The molecule has 0 fully saturated rings. The van der Waals surface area contributed by atoms with Gasteiger partial charge in [-0.05, 0) is 31.7 Å². The molecule has 1 rings (SSSR count). The van der Waals surface area contributed by atoms with Gasteiger partial charge in [0.25, 0.3) is 0 Å². The molecule has 0 aliphatic carbocycles. The van der Waals surface area contributed by atoms with Gasteiger partial charge in [0.05, 0.1) is 7.11 Å². The van der Waals surface area contributed by atoms with Crippen molar-refractivity contribution in [1.82, 2.24) is 5.32 Å². The van der Waals surface area contributed by atoms with Crippen LogP contribution in [-0.4, -0.2) is 20.2 Å². The second-order valence-electron chi connectivity index (χ2n) is 3.21. The number of ether oxygens (including phenoxy) is 1. The van der Waals surface area contributed by atoms with Gasteiger partial charge in [-0.15, -0.1) is 0 Å². The van der Waals surface area contributed by atoms with Crippen molar-refractivity contribution < 1.29 is 4.74 Å². The maximum Gasteiger partial charge on any atom is 0.119 e. The summed E-state index contributed by atoms with van der Waals surface area (Å²) in [5.41, 5.74) is 1.16. The molecule has 0 radical (unpaired) electrons. The van der Waals surface area contributed by atoms with Gasteiger partial charge in [0.2, 0.25) is 0 Å². The first-order valence-electron chi connectivity index (χ1n) is 4.76. The second-order valence-corrected chi connectivity index (χ2v) is 3.21. The minimum absolute atomic E-state index is 0.390. The maximum absolute atomic E-state index is 5.14. The molecule has 0 amide bonds. The van der Waals surface area contributed by atoms with Gasteiger partial charge in [0.15, 0.2) is 0 Å². The fraction of sp³-hybridized carbons (Fsp3) is 0.333. The predicted octanol–water partition coefficient (Wildman–Crippen LogP) is 2.32. The molecular weight excluding hydrogens is 174 g/mol. The molecular formula is C12H17NO. The lowest BCUT2D eigenvalue weighted by molar-refractivity contribution is 0.414. The average molecular weight is 191 g/mol. The van der Waals surface area contributed by atoms with Crippen LogP contribution in [0.25, 0.3) is 6.08 Å². The highest BCUT2D eigenvalue weighted by Crippen LogP contribution is 2.13. The third-order valence-corrected chi connectivity index (χ3v) is 2.13. The quantitative estimate of drug-likeness (QED) is 0.788. The van der Waals surface area contributed by atoms with Crippen molar-refractivity contribution >= 4 is 6.08 Å². The molecule has 1 aromatic rings. The minimum Gasteiger partial charge on any atom is -0.497 e. The topological polar surface area (TPSA) is 21.3 Å². The molecule has 0 heterocycles. The van der Waals surface area contributed by atoms with Crippen molar-refractivity contribution in [3.63, 3.8) is 0 Å². The number of benzene rings is 1. The summed E-state index contributed by atoms with van der Waals surface area (Å²) in [6, 6.07) is 8.39. The summed E-state index contributed by atoms with van der Waals surface area (Å²) in [7, 11) is 3.62. The molecule has 0 aromatic heterocycles. The normalized spacial score (nSPS) is 13.1. The van der Waals surface area contributed by atoms with Gasteiger partial charge >= 0.3 is 0 Å². The van der Waals surface area contributed by atoms with E-state index in [0.717, 1.165) is 11.3 Å². The Kier molecular flexibility index (Phi) is 4.20. The summed E-state index contributed by atoms with van der Waals surface area (Å²) in [4.78, 5) is 0. The van der Waals surface area contributed by atoms with Crippen molar-refractivity contribution in [2.24, 2.45) is 0 Å². The van der Waals surface area contributed by atoms with Crippen molar-refractivity contribution in [2.75, 3.05) is 14.2 Å². The summed E-state index contributed by atoms with van der Waals surface area (Å²) in [6.07, 6.45) is 4.21. The minimum atomic E-state index is 0.390. The first-order chi connectivity index (χ1) is 6.76. The predicted molar refractivity (Wildman–Crippen MR) is 60.5 cm³/mol. The summed E-state index contributed by atoms with van der Waals surface area (Å²) < 4.78 is 5.14. The van der Waals surface area contributed by atoms with Gasteiger partial charge in [-0.3, -0.25) is 0 Å². The number of methoxy groups -OCH3 is 1. The molecule has 0 aliphatic rings. The highest BCUT2D eigenvalue weighted by atomic mass is 16.5. The lowest BCUT2D eigenvalue weighted by Crippen LogP contribution is -2.17. The van der Waals surface area contributed by atoms with Crippen LogP contribution >= 0.6 is 0 Å². The number of rotatable bonds is 4. The van der Waals surface area contributed by atoms with Crippen LogP contribution in [0, 0.1) is 0 Å². The second kappa shape index (κ2) is 5.45. The summed E-state index contributed by atoms with van der Waals surface area (Å²) >= 11 is 0. The molecule has 1 aromatic carbocycles. The van der Waals surface area contributed by atoms with Crippen LogP contribution in [0.3, 0.4) is 0 Å². The van der Waals surface area contributed by atoms with Gasteiger partial charge in [0.1, 0.15) is 5.75 Å². The van der Waals surface area contributed by atoms with Gasteiger partial charge in [-0.1, -0.05) is 24.3 Å². The monoisotopic (exact) mass is 191 g/mol. The van der Waals surface area contributed by atoms with E-state index in [0.29, 0.717) is 6.04 Å². The Morgan fingerprint density at radius 1 is 1.43 bits per heavy atom. The molecule has 0 aliphatic heterocycles. The Morgan fingerprint density at radius 2 is 2.21 bits per heavy atom. The van der Waals surface area contributed by atoms with Gasteiger partial charge in [0, 0.05) is 6.04 Å². The average Bonchev–Trinajstić information content (AvgIpc) is 2.26. The van der Waals surface area contributed by atoms with Crippen molar-refractivity contribution in [3.8, 4) is 5.75 Å². The zero-order valence-corrected chi connectivity index (χ0v) is 8.95. The van der Waals surface area contributed by atoms with E-state index in [4.69, 9.17) is 4.74 Å². The first-order valence-corrected chi connectivity index (χ1v) is 4.76. The third kappa shape index (κ3) is 3.23. The van der Waals surface area contributed by atoms with Crippen molar-refractivity contribution in [1.29, 1.82) is 0 Å². The molecule has 2 nitrogen and oxygen atoms in total. The molecule has 1 atom stereocenters. The fourth-order valence-electron chi connectivity index (χ4n) is 1.10. The van der Waals surface area contributed by atoms with E-state index in [2.05, 4.69) is 30.5 Å². The van der Waals surface area contributed by atoms with Gasteiger partial charge < -0.3 is 10.1 Å². The van der Waals surface area contributed by atoms with Crippen molar-refractivity contribution in [3.05, 3.63) is 35.9 Å². The lowest BCUT2D eigenvalue weighted by atomic mass is 10.2. The number of hydrogen-bond acceptors (Lipinski definition) is 2. The lowest BCUT2D eigenvalue weighted by Gasteiger charge is -2.03.